The summed E-state index contributed by atoms with van der Waals surface area (Å²) in [6, 6.07) is 5.03. The molecule has 0 aliphatic carbocycles. The summed E-state index contributed by atoms with van der Waals surface area (Å²) in [6.07, 6.45) is -0.00191. The van der Waals surface area contributed by atoms with E-state index in [4.69, 9.17) is 33.2 Å². The molecule has 0 saturated heterocycles. The first kappa shape index (κ1) is 11.2. The minimum atomic E-state index is -0.00191. The van der Waals surface area contributed by atoms with Gasteiger partial charge >= 0.3 is 0 Å². The van der Waals surface area contributed by atoms with Crippen LogP contribution in [0.4, 0.5) is 0 Å². The second-order valence-corrected chi connectivity index (χ2v) is 3.86. The highest BCUT2D eigenvalue weighted by Gasteiger charge is 2.10. The van der Waals surface area contributed by atoms with Crippen LogP contribution < -0.4 is 4.74 Å². The van der Waals surface area contributed by atoms with E-state index in [9.17, 15) is 0 Å². The van der Waals surface area contributed by atoms with Gasteiger partial charge in [0.15, 0.2) is 5.75 Å². The molecule has 1 aromatic carbocycles. The smallest absolute Gasteiger partial charge is 0.156 e. The zero-order valence-electron chi connectivity index (χ0n) is 7.84. The molecule has 2 nitrogen and oxygen atoms in total. The van der Waals surface area contributed by atoms with Crippen LogP contribution in [0.15, 0.2) is 12.1 Å². The molecule has 74 valence electrons. The minimum absolute atomic E-state index is 0.00191. The fourth-order valence-electron chi connectivity index (χ4n) is 0.973. The molecule has 1 aromatic rings. The van der Waals surface area contributed by atoms with Crippen molar-refractivity contribution in [3.63, 3.8) is 0 Å². The highest BCUT2D eigenvalue weighted by molar-refractivity contribution is 6.37. The van der Waals surface area contributed by atoms with Gasteiger partial charge in [-0.1, -0.05) is 23.2 Å². The second-order valence-electron chi connectivity index (χ2n) is 3.05. The Hall–Kier alpha value is -0.910. The number of nitrogens with zero attached hydrogens (tertiary/aromatic N) is 1. The highest BCUT2D eigenvalue weighted by Crippen LogP contribution is 2.34. The lowest BCUT2D eigenvalue weighted by atomic mass is 10.2. The van der Waals surface area contributed by atoms with Crippen LogP contribution in [0.5, 0.6) is 5.75 Å². The first-order valence-electron chi connectivity index (χ1n) is 4.10. The lowest BCUT2D eigenvalue weighted by molar-refractivity contribution is 0.243. The van der Waals surface area contributed by atoms with Crippen LogP contribution in [0.25, 0.3) is 0 Å². The Morgan fingerprint density at radius 1 is 1.29 bits per heavy atom. The number of benzene rings is 1. The van der Waals surface area contributed by atoms with Gasteiger partial charge in [-0.15, -0.1) is 0 Å². The normalized spacial score (nSPS) is 10.0. The number of ether oxygens (including phenoxy) is 1. The maximum atomic E-state index is 8.65. The molecule has 0 fully saturated rings. The average Bonchev–Trinajstić information content (AvgIpc) is 2.10. The van der Waals surface area contributed by atoms with E-state index in [1.165, 1.54) is 12.1 Å². The summed E-state index contributed by atoms with van der Waals surface area (Å²) in [7, 11) is 0. The predicted octanol–water partition coefficient (Wildman–Crippen LogP) is 3.65. The van der Waals surface area contributed by atoms with Gasteiger partial charge in [-0.3, -0.25) is 0 Å². The Labute approximate surface area is 93.0 Å². The van der Waals surface area contributed by atoms with Crippen molar-refractivity contribution in [2.75, 3.05) is 0 Å². The van der Waals surface area contributed by atoms with Crippen molar-refractivity contribution in [3.8, 4) is 11.8 Å². The quantitative estimate of drug-likeness (QED) is 0.776. The van der Waals surface area contributed by atoms with Crippen molar-refractivity contribution >= 4 is 23.2 Å². The van der Waals surface area contributed by atoms with Gasteiger partial charge in [0.05, 0.1) is 27.8 Å². The molecule has 0 amide bonds. The first-order chi connectivity index (χ1) is 6.54. The molecule has 0 aliphatic rings. The second kappa shape index (κ2) is 4.54. The Bertz CT molecular complexity index is 359. The van der Waals surface area contributed by atoms with E-state index in [0.717, 1.165) is 0 Å². The largest absolute Gasteiger partial charge is 0.488 e. The van der Waals surface area contributed by atoms with Crippen molar-refractivity contribution in [3.05, 3.63) is 27.7 Å². The van der Waals surface area contributed by atoms with Crippen molar-refractivity contribution in [1.29, 1.82) is 5.26 Å². The molecule has 0 atom stereocenters. The zero-order valence-corrected chi connectivity index (χ0v) is 9.36. The summed E-state index contributed by atoms with van der Waals surface area (Å²) in [5.41, 5.74) is 0.427. The van der Waals surface area contributed by atoms with Crippen molar-refractivity contribution in [1.82, 2.24) is 0 Å². The van der Waals surface area contributed by atoms with E-state index >= 15 is 0 Å². The maximum Gasteiger partial charge on any atom is 0.156 e. The summed E-state index contributed by atoms with van der Waals surface area (Å²) in [5, 5.41) is 9.38. The van der Waals surface area contributed by atoms with Crippen molar-refractivity contribution < 1.29 is 4.74 Å². The third-order valence-corrected chi connectivity index (χ3v) is 2.04. The van der Waals surface area contributed by atoms with Gasteiger partial charge in [0, 0.05) is 0 Å². The van der Waals surface area contributed by atoms with Crippen LogP contribution in [0.1, 0.15) is 19.4 Å². The van der Waals surface area contributed by atoms with Crippen LogP contribution >= 0.6 is 23.2 Å². The lowest BCUT2D eigenvalue weighted by Gasteiger charge is -2.12. The lowest BCUT2D eigenvalue weighted by Crippen LogP contribution is -2.06. The molecular formula is C10H9Cl2NO. The van der Waals surface area contributed by atoms with E-state index < -0.39 is 0 Å². The number of hydrogen-bond donors (Lipinski definition) is 0. The zero-order chi connectivity index (χ0) is 10.7. The Kier molecular flexibility index (Phi) is 3.62. The van der Waals surface area contributed by atoms with E-state index in [1.807, 2.05) is 19.9 Å². The van der Waals surface area contributed by atoms with Gasteiger partial charge in [0.25, 0.3) is 0 Å². The molecular weight excluding hydrogens is 221 g/mol. The van der Waals surface area contributed by atoms with Crippen LogP contribution in [-0.4, -0.2) is 6.10 Å². The number of rotatable bonds is 2. The third kappa shape index (κ3) is 2.54. The molecule has 0 aliphatic heterocycles. The van der Waals surface area contributed by atoms with Crippen molar-refractivity contribution in [2.45, 2.75) is 20.0 Å². The van der Waals surface area contributed by atoms with Gasteiger partial charge in [-0.2, -0.15) is 5.26 Å². The van der Waals surface area contributed by atoms with E-state index in [0.29, 0.717) is 21.4 Å². The van der Waals surface area contributed by atoms with Gasteiger partial charge in [0.1, 0.15) is 0 Å². The molecule has 0 heterocycles. The summed E-state index contributed by atoms with van der Waals surface area (Å²) in [6.45, 7) is 3.76. The maximum absolute atomic E-state index is 8.65. The summed E-state index contributed by atoms with van der Waals surface area (Å²) >= 11 is 11.8. The van der Waals surface area contributed by atoms with Gasteiger partial charge in [0.2, 0.25) is 0 Å². The molecule has 0 saturated carbocycles. The summed E-state index contributed by atoms with van der Waals surface area (Å²) in [5.74, 6) is 0.433. The van der Waals surface area contributed by atoms with Crippen LogP contribution in [0.2, 0.25) is 10.0 Å². The third-order valence-electron chi connectivity index (χ3n) is 1.48. The summed E-state index contributed by atoms with van der Waals surface area (Å²) < 4.78 is 5.40. The predicted molar refractivity (Wildman–Crippen MR) is 56.9 cm³/mol. The topological polar surface area (TPSA) is 33.0 Å². The number of hydrogen-bond acceptors (Lipinski definition) is 2. The Balaban J connectivity index is 3.13. The molecule has 0 unspecified atom stereocenters. The SMILES string of the molecule is CC(C)Oc1c(Cl)cc(C#N)cc1Cl. The molecule has 0 bridgehead atoms. The minimum Gasteiger partial charge on any atom is -0.488 e. The Morgan fingerprint density at radius 2 is 1.79 bits per heavy atom. The molecule has 0 N–H and O–H groups in total. The molecule has 14 heavy (non-hydrogen) atoms. The highest BCUT2D eigenvalue weighted by atomic mass is 35.5. The molecule has 0 radical (unpaired) electrons. The van der Waals surface area contributed by atoms with Crippen molar-refractivity contribution in [2.24, 2.45) is 0 Å². The Morgan fingerprint density at radius 3 is 2.14 bits per heavy atom. The van der Waals surface area contributed by atoms with Gasteiger partial charge in [-0.05, 0) is 26.0 Å². The van der Waals surface area contributed by atoms with Gasteiger partial charge < -0.3 is 4.74 Å². The molecule has 0 aromatic heterocycles. The number of nitriles is 1. The standard InChI is InChI=1S/C10H9Cl2NO/c1-6(2)14-10-8(11)3-7(5-13)4-9(10)12/h3-4,6H,1-2H3. The summed E-state index contributed by atoms with van der Waals surface area (Å²) in [4.78, 5) is 0. The van der Waals surface area contributed by atoms with Crippen LogP contribution in [0.3, 0.4) is 0 Å². The van der Waals surface area contributed by atoms with E-state index in [1.54, 1.807) is 0 Å². The average molecular weight is 230 g/mol. The van der Waals surface area contributed by atoms with Crippen LogP contribution in [-0.2, 0) is 0 Å². The molecule has 0 spiro atoms. The van der Waals surface area contributed by atoms with E-state index in [-0.39, 0.29) is 6.10 Å². The fourth-order valence-corrected chi connectivity index (χ4v) is 1.55. The first-order valence-corrected chi connectivity index (χ1v) is 4.86. The molecule has 4 heteroatoms. The van der Waals surface area contributed by atoms with E-state index in [2.05, 4.69) is 0 Å². The fraction of sp³-hybridized carbons (Fsp3) is 0.300. The van der Waals surface area contributed by atoms with Crippen LogP contribution in [0, 0.1) is 11.3 Å². The van der Waals surface area contributed by atoms with Gasteiger partial charge in [-0.25, -0.2) is 0 Å². The monoisotopic (exact) mass is 229 g/mol. The number of halogens is 2. The molecule has 1 rings (SSSR count).